The fourth-order valence-electron chi connectivity index (χ4n) is 2.94. The molecule has 0 heterocycles. The van der Waals surface area contributed by atoms with Gasteiger partial charge in [0.05, 0.1) is 10.9 Å². The van der Waals surface area contributed by atoms with E-state index in [2.05, 4.69) is 48.7 Å². The summed E-state index contributed by atoms with van der Waals surface area (Å²) >= 11 is 0. The van der Waals surface area contributed by atoms with E-state index < -0.39 is 16.1 Å². The summed E-state index contributed by atoms with van der Waals surface area (Å²) in [5.74, 6) is 0.413. The highest BCUT2D eigenvalue weighted by molar-refractivity contribution is 7.89. The molecule has 0 saturated heterocycles. The van der Waals surface area contributed by atoms with Crippen LogP contribution in [0.1, 0.15) is 44.9 Å². The Morgan fingerprint density at radius 3 is 2.04 bits per heavy atom. The van der Waals surface area contributed by atoms with E-state index >= 15 is 0 Å². The van der Waals surface area contributed by atoms with Crippen LogP contribution in [0.15, 0.2) is 53.4 Å². The molecule has 0 aliphatic heterocycles. The van der Waals surface area contributed by atoms with Crippen LogP contribution in [0.4, 0.5) is 5.69 Å². The number of carbonyl (C=O) groups excluding carboxylic acids is 1. The summed E-state index contributed by atoms with van der Waals surface area (Å²) in [5, 5.41) is 11.1. The first-order valence-electron chi connectivity index (χ1n) is 9.35. The molecule has 7 heteroatoms. The van der Waals surface area contributed by atoms with Gasteiger partial charge in [0, 0.05) is 11.7 Å². The quantitative estimate of drug-likeness (QED) is 0.630. The number of hydrogen-bond donors (Lipinski definition) is 3. The van der Waals surface area contributed by atoms with E-state index in [0.717, 1.165) is 12.0 Å². The number of sulfonamides is 1. The van der Waals surface area contributed by atoms with Gasteiger partial charge in [0.2, 0.25) is 15.9 Å². The molecule has 0 spiro atoms. The van der Waals surface area contributed by atoms with Crippen LogP contribution in [-0.2, 0) is 21.2 Å². The van der Waals surface area contributed by atoms with Crippen molar-refractivity contribution in [1.82, 2.24) is 5.32 Å². The minimum absolute atomic E-state index is 0.00575. The van der Waals surface area contributed by atoms with Crippen LogP contribution in [0.25, 0.3) is 0 Å². The van der Waals surface area contributed by atoms with E-state index in [9.17, 15) is 13.2 Å². The fourth-order valence-corrected chi connectivity index (χ4v) is 3.45. The van der Waals surface area contributed by atoms with Crippen LogP contribution < -0.4 is 15.8 Å². The van der Waals surface area contributed by atoms with Crippen molar-refractivity contribution >= 4 is 21.6 Å². The highest BCUT2D eigenvalue weighted by atomic mass is 32.2. The Morgan fingerprint density at radius 1 is 0.964 bits per heavy atom. The first kappa shape index (κ1) is 22.1. The van der Waals surface area contributed by atoms with Crippen LogP contribution >= 0.6 is 0 Å². The minimum Gasteiger partial charge on any atom is -0.325 e. The molecule has 0 saturated carbocycles. The van der Waals surface area contributed by atoms with Gasteiger partial charge in [-0.2, -0.15) is 0 Å². The molecule has 0 aliphatic carbocycles. The number of amides is 1. The van der Waals surface area contributed by atoms with Crippen molar-refractivity contribution in [1.29, 1.82) is 0 Å². The summed E-state index contributed by atoms with van der Waals surface area (Å²) in [4.78, 5) is 12.4. The number of carbonyl (C=O) groups is 1. The number of hydrogen-bond acceptors (Lipinski definition) is 4. The second-order valence-corrected chi connectivity index (χ2v) is 9.07. The van der Waals surface area contributed by atoms with Crippen molar-refractivity contribution in [2.24, 2.45) is 11.1 Å². The van der Waals surface area contributed by atoms with Crippen LogP contribution in [-0.4, -0.2) is 20.4 Å². The highest BCUT2D eigenvalue weighted by Crippen LogP contribution is 2.17. The van der Waals surface area contributed by atoms with Gasteiger partial charge in [-0.1, -0.05) is 38.1 Å². The van der Waals surface area contributed by atoms with Gasteiger partial charge in [0.15, 0.2) is 0 Å². The Labute approximate surface area is 167 Å². The Bertz CT molecular complexity index is 891. The lowest BCUT2D eigenvalue weighted by Gasteiger charge is -2.20. The molecule has 152 valence electrons. The van der Waals surface area contributed by atoms with Gasteiger partial charge in [-0.15, -0.1) is 0 Å². The highest BCUT2D eigenvalue weighted by Gasteiger charge is 2.17. The average molecular weight is 404 g/mol. The van der Waals surface area contributed by atoms with Crippen molar-refractivity contribution in [2.45, 2.75) is 51.1 Å². The minimum atomic E-state index is -3.75. The summed E-state index contributed by atoms with van der Waals surface area (Å²) in [6, 6.07) is 13.8. The molecule has 2 aromatic rings. The molecule has 0 aromatic heterocycles. The first-order valence-corrected chi connectivity index (χ1v) is 10.9. The van der Waals surface area contributed by atoms with Crippen LogP contribution in [0.5, 0.6) is 0 Å². The van der Waals surface area contributed by atoms with Gasteiger partial charge in [-0.25, -0.2) is 13.6 Å². The summed E-state index contributed by atoms with van der Waals surface area (Å²) in [6.45, 7) is 8.20. The van der Waals surface area contributed by atoms with Crippen molar-refractivity contribution in [2.75, 3.05) is 5.32 Å². The third-order valence-corrected chi connectivity index (χ3v) is 5.40. The van der Waals surface area contributed by atoms with E-state index in [4.69, 9.17) is 5.14 Å². The van der Waals surface area contributed by atoms with Gasteiger partial charge in [-0.05, 0) is 61.6 Å². The smallest absolute Gasteiger partial charge is 0.241 e. The Hall–Kier alpha value is -2.22. The molecular formula is C21H29N3O3S. The molecule has 2 aromatic carbocycles. The number of nitrogens with two attached hydrogens (primary N) is 1. The predicted molar refractivity (Wildman–Crippen MR) is 112 cm³/mol. The molecule has 6 nitrogen and oxygen atoms in total. The Kier molecular flexibility index (Phi) is 7.35. The summed E-state index contributed by atoms with van der Waals surface area (Å²) < 4.78 is 22.6. The van der Waals surface area contributed by atoms with Gasteiger partial charge in [0.25, 0.3) is 0 Å². The average Bonchev–Trinajstić information content (AvgIpc) is 2.61. The molecule has 2 rings (SSSR count). The SMILES string of the molecule is CC(C)Cc1ccc([C@@H](C)N[C@H](C)C(=O)Nc2ccc(S(N)(=O)=O)cc2)cc1. The van der Waals surface area contributed by atoms with E-state index in [1.165, 1.54) is 29.8 Å². The third kappa shape index (κ3) is 6.44. The molecule has 4 N–H and O–H groups in total. The maximum atomic E-state index is 12.4. The third-order valence-electron chi connectivity index (χ3n) is 4.47. The van der Waals surface area contributed by atoms with Crippen molar-refractivity contribution in [3.63, 3.8) is 0 Å². The van der Waals surface area contributed by atoms with E-state index in [1.54, 1.807) is 6.92 Å². The van der Waals surface area contributed by atoms with Crippen LogP contribution in [0.2, 0.25) is 0 Å². The number of rotatable bonds is 8. The Balaban J connectivity index is 1.94. The number of primary sulfonamides is 1. The fraction of sp³-hybridized carbons (Fsp3) is 0.381. The lowest BCUT2D eigenvalue weighted by Crippen LogP contribution is -2.39. The zero-order valence-corrected chi connectivity index (χ0v) is 17.6. The predicted octanol–water partition coefficient (Wildman–Crippen LogP) is 3.21. The van der Waals surface area contributed by atoms with Crippen LogP contribution in [0, 0.1) is 5.92 Å². The molecular weight excluding hydrogens is 374 g/mol. The van der Waals surface area contributed by atoms with E-state index in [-0.39, 0.29) is 16.8 Å². The maximum absolute atomic E-state index is 12.4. The molecule has 1 amide bonds. The van der Waals surface area contributed by atoms with Gasteiger partial charge in [-0.3, -0.25) is 10.1 Å². The monoisotopic (exact) mass is 403 g/mol. The standard InChI is InChI=1S/C21H29N3O3S/c1-14(2)13-17-5-7-18(8-6-17)15(3)23-16(4)21(25)24-19-9-11-20(12-10-19)28(22,26)27/h5-12,14-16,23H,13H2,1-4H3,(H,24,25)(H2,22,26,27)/t15-,16-/m1/s1. The lowest BCUT2D eigenvalue weighted by atomic mass is 9.99. The van der Waals surface area contributed by atoms with Crippen molar-refractivity contribution in [3.8, 4) is 0 Å². The lowest BCUT2D eigenvalue weighted by molar-refractivity contribution is -0.117. The summed E-state index contributed by atoms with van der Waals surface area (Å²) in [6.07, 6.45) is 1.05. The molecule has 0 aliphatic rings. The summed E-state index contributed by atoms with van der Waals surface area (Å²) in [7, 11) is -3.75. The number of benzene rings is 2. The Morgan fingerprint density at radius 2 is 1.54 bits per heavy atom. The summed E-state index contributed by atoms with van der Waals surface area (Å²) in [5.41, 5.74) is 2.93. The number of nitrogens with one attached hydrogen (secondary N) is 2. The molecule has 28 heavy (non-hydrogen) atoms. The topological polar surface area (TPSA) is 101 Å². The van der Waals surface area contributed by atoms with E-state index in [1.807, 2.05) is 6.92 Å². The van der Waals surface area contributed by atoms with E-state index in [0.29, 0.717) is 11.6 Å². The molecule has 0 unspecified atom stereocenters. The first-order chi connectivity index (χ1) is 13.1. The molecule has 2 atom stereocenters. The van der Waals surface area contributed by atoms with Gasteiger partial charge >= 0.3 is 0 Å². The number of anilines is 1. The molecule has 0 bridgehead atoms. The molecule has 0 radical (unpaired) electrons. The van der Waals surface area contributed by atoms with Gasteiger partial charge in [0.1, 0.15) is 0 Å². The second kappa shape index (κ2) is 9.32. The zero-order valence-electron chi connectivity index (χ0n) is 16.8. The normalized spacial score (nSPS) is 13.9. The maximum Gasteiger partial charge on any atom is 0.241 e. The van der Waals surface area contributed by atoms with Crippen LogP contribution in [0.3, 0.4) is 0 Å². The largest absolute Gasteiger partial charge is 0.325 e. The van der Waals surface area contributed by atoms with Crippen molar-refractivity contribution in [3.05, 3.63) is 59.7 Å². The van der Waals surface area contributed by atoms with Crippen molar-refractivity contribution < 1.29 is 13.2 Å². The second-order valence-electron chi connectivity index (χ2n) is 7.51. The molecule has 0 fully saturated rings. The van der Waals surface area contributed by atoms with Gasteiger partial charge < -0.3 is 5.32 Å². The zero-order chi connectivity index (χ0) is 20.9.